The van der Waals surface area contributed by atoms with Gasteiger partial charge in [0, 0.05) is 43.6 Å². The molecule has 276 valence electrons. The summed E-state index contributed by atoms with van der Waals surface area (Å²) in [4.78, 5) is 0. The summed E-state index contributed by atoms with van der Waals surface area (Å²) in [6.07, 6.45) is 0. The lowest BCUT2D eigenvalue weighted by molar-refractivity contribution is 0.525. The van der Waals surface area contributed by atoms with Crippen molar-refractivity contribution in [3.05, 3.63) is 198 Å². The van der Waals surface area contributed by atoms with E-state index in [1.54, 1.807) is 0 Å². The molecular formula is C56H41NO. The monoisotopic (exact) mass is 743 g/mol. The van der Waals surface area contributed by atoms with E-state index in [9.17, 15) is 0 Å². The van der Waals surface area contributed by atoms with Crippen LogP contribution < -0.4 is 0 Å². The number of hydrogen-bond donors (Lipinski definition) is 0. The molecule has 11 aromatic rings. The van der Waals surface area contributed by atoms with Gasteiger partial charge in [0.1, 0.15) is 11.2 Å². The second kappa shape index (κ2) is 11.8. The van der Waals surface area contributed by atoms with Gasteiger partial charge in [0.2, 0.25) is 0 Å². The molecule has 12 rings (SSSR count). The average Bonchev–Trinajstić information content (AvgIpc) is 3.81. The van der Waals surface area contributed by atoms with Crippen molar-refractivity contribution in [3.8, 4) is 27.9 Å². The Morgan fingerprint density at radius 3 is 1.79 bits per heavy atom. The number of fused-ring (bicyclic) bond motifs is 11. The minimum absolute atomic E-state index is 0.146. The molecule has 0 N–H and O–H groups in total. The molecule has 0 atom stereocenters. The first-order valence-corrected chi connectivity index (χ1v) is 20.4. The fraction of sp³-hybridized carbons (Fsp3) is 0.107. The van der Waals surface area contributed by atoms with Crippen molar-refractivity contribution in [1.29, 1.82) is 0 Å². The van der Waals surface area contributed by atoms with Gasteiger partial charge in [-0.15, -0.1) is 0 Å². The van der Waals surface area contributed by atoms with E-state index < -0.39 is 0 Å². The third-order valence-electron chi connectivity index (χ3n) is 13.4. The van der Waals surface area contributed by atoms with Gasteiger partial charge in [-0.3, -0.25) is 0 Å². The molecule has 0 spiro atoms. The Labute approximate surface area is 337 Å². The van der Waals surface area contributed by atoms with Crippen molar-refractivity contribution in [2.45, 2.75) is 38.5 Å². The van der Waals surface area contributed by atoms with E-state index in [1.165, 1.54) is 76.7 Å². The minimum Gasteiger partial charge on any atom is -0.455 e. The molecule has 0 saturated carbocycles. The summed E-state index contributed by atoms with van der Waals surface area (Å²) in [6.45, 7) is 9.63. The topological polar surface area (TPSA) is 18.1 Å². The first kappa shape index (κ1) is 33.3. The van der Waals surface area contributed by atoms with Crippen LogP contribution >= 0.6 is 0 Å². The molecule has 0 unspecified atom stereocenters. The fourth-order valence-corrected chi connectivity index (χ4v) is 10.7. The lowest BCUT2D eigenvalue weighted by atomic mass is 9.59. The zero-order valence-electron chi connectivity index (χ0n) is 33.1. The quantitative estimate of drug-likeness (QED) is 0.165. The molecule has 2 aromatic heterocycles. The number of hydrogen-bond acceptors (Lipinski definition) is 1. The first-order valence-electron chi connectivity index (χ1n) is 20.4. The predicted molar refractivity (Wildman–Crippen MR) is 245 cm³/mol. The SMILES string of the molecule is CC1(C)c2ccccc2C(C)(C)c2c1ccc1c2c2ccccc2n1-c1cc(-c2c3ccccc3cc3ccccc23)cc(-c2cccc3c2oc2ccccc23)c1. The van der Waals surface area contributed by atoms with Gasteiger partial charge >= 0.3 is 0 Å². The van der Waals surface area contributed by atoms with E-state index in [2.05, 4.69) is 208 Å². The van der Waals surface area contributed by atoms with Gasteiger partial charge < -0.3 is 8.98 Å². The third-order valence-corrected chi connectivity index (χ3v) is 13.4. The smallest absolute Gasteiger partial charge is 0.143 e. The second-order valence-electron chi connectivity index (χ2n) is 17.3. The normalized spacial score (nSPS) is 14.5. The summed E-state index contributed by atoms with van der Waals surface area (Å²) in [5, 5.41) is 9.82. The van der Waals surface area contributed by atoms with Crippen LogP contribution in [0.3, 0.4) is 0 Å². The van der Waals surface area contributed by atoms with Gasteiger partial charge in [-0.1, -0.05) is 161 Å². The van der Waals surface area contributed by atoms with Crippen LogP contribution in [0.1, 0.15) is 49.9 Å². The molecule has 0 fully saturated rings. The first-order chi connectivity index (χ1) is 28.3. The van der Waals surface area contributed by atoms with E-state index >= 15 is 0 Å². The van der Waals surface area contributed by atoms with Crippen molar-refractivity contribution in [3.63, 3.8) is 0 Å². The van der Waals surface area contributed by atoms with E-state index in [0.29, 0.717) is 0 Å². The van der Waals surface area contributed by atoms with Gasteiger partial charge in [-0.05, 0) is 103 Å². The van der Waals surface area contributed by atoms with E-state index in [-0.39, 0.29) is 10.8 Å². The van der Waals surface area contributed by atoms with Crippen molar-refractivity contribution < 1.29 is 4.42 Å². The van der Waals surface area contributed by atoms with Gasteiger partial charge in [0.25, 0.3) is 0 Å². The Hall–Kier alpha value is -6.90. The van der Waals surface area contributed by atoms with Crippen molar-refractivity contribution >= 4 is 65.3 Å². The largest absolute Gasteiger partial charge is 0.455 e. The maximum Gasteiger partial charge on any atom is 0.143 e. The Kier molecular flexibility index (Phi) is 6.78. The number of para-hydroxylation sites is 3. The average molecular weight is 744 g/mol. The Morgan fingerprint density at radius 2 is 1.03 bits per heavy atom. The summed E-state index contributed by atoms with van der Waals surface area (Å²) in [6, 6.07) is 65.0. The van der Waals surface area contributed by atoms with Gasteiger partial charge in [-0.25, -0.2) is 0 Å². The van der Waals surface area contributed by atoms with Crippen LogP contribution in [0.5, 0.6) is 0 Å². The molecule has 0 radical (unpaired) electrons. The zero-order valence-corrected chi connectivity index (χ0v) is 33.1. The van der Waals surface area contributed by atoms with Crippen molar-refractivity contribution in [2.75, 3.05) is 0 Å². The number of aromatic nitrogens is 1. The molecule has 0 amide bonds. The number of rotatable bonds is 3. The zero-order chi connectivity index (χ0) is 38.9. The lowest BCUT2D eigenvalue weighted by Crippen LogP contribution is -2.36. The number of nitrogens with zero attached hydrogens (tertiary/aromatic N) is 1. The van der Waals surface area contributed by atoms with Crippen LogP contribution in [-0.2, 0) is 10.8 Å². The summed E-state index contributed by atoms with van der Waals surface area (Å²) in [7, 11) is 0. The molecule has 9 aromatic carbocycles. The molecule has 0 saturated heterocycles. The molecule has 2 heteroatoms. The highest BCUT2D eigenvalue weighted by Gasteiger charge is 2.43. The van der Waals surface area contributed by atoms with Crippen LogP contribution in [0, 0.1) is 0 Å². The van der Waals surface area contributed by atoms with Gasteiger partial charge in [0.15, 0.2) is 0 Å². The highest BCUT2D eigenvalue weighted by Crippen LogP contribution is 2.54. The Morgan fingerprint density at radius 1 is 0.431 bits per heavy atom. The summed E-state index contributed by atoms with van der Waals surface area (Å²) >= 11 is 0. The molecule has 58 heavy (non-hydrogen) atoms. The predicted octanol–water partition coefficient (Wildman–Crippen LogP) is 15.3. The summed E-state index contributed by atoms with van der Waals surface area (Å²) < 4.78 is 9.24. The lowest BCUT2D eigenvalue weighted by Gasteiger charge is -2.44. The van der Waals surface area contributed by atoms with Gasteiger partial charge in [-0.2, -0.15) is 0 Å². The Balaban J connectivity index is 1.22. The third kappa shape index (κ3) is 4.49. The van der Waals surface area contributed by atoms with E-state index in [4.69, 9.17) is 4.42 Å². The van der Waals surface area contributed by atoms with Crippen LogP contribution in [0.4, 0.5) is 0 Å². The maximum atomic E-state index is 6.72. The molecule has 2 heterocycles. The van der Waals surface area contributed by atoms with Crippen LogP contribution in [0.2, 0.25) is 0 Å². The molecule has 0 aliphatic heterocycles. The molecular weight excluding hydrogens is 703 g/mol. The standard InChI is InChI=1S/C56H41NO/c1-55(2)45-24-11-12-25-46(45)56(3,4)53-47(55)28-29-49-52(53)44-21-9-13-26-48(44)57(49)38-32-36(41-22-15-23-43-42-20-10-14-27-50(42)58-54(41)43)31-37(33-38)51-39-18-7-5-16-34(39)30-35-17-6-8-19-40(35)51/h5-33H,1-4H3. The second-order valence-corrected chi connectivity index (χ2v) is 17.3. The van der Waals surface area contributed by atoms with E-state index in [0.717, 1.165) is 38.8 Å². The summed E-state index contributed by atoms with van der Waals surface area (Å²) in [5.41, 5.74) is 15.3. The number of furan rings is 1. The van der Waals surface area contributed by atoms with Crippen LogP contribution in [-0.4, -0.2) is 4.57 Å². The van der Waals surface area contributed by atoms with Crippen LogP contribution in [0.25, 0.3) is 93.2 Å². The fourth-order valence-electron chi connectivity index (χ4n) is 10.7. The Bertz CT molecular complexity index is 3460. The highest BCUT2D eigenvalue weighted by atomic mass is 16.3. The molecule has 2 nitrogen and oxygen atoms in total. The highest BCUT2D eigenvalue weighted by molar-refractivity contribution is 6.15. The van der Waals surface area contributed by atoms with Crippen LogP contribution in [0.15, 0.2) is 180 Å². The van der Waals surface area contributed by atoms with E-state index in [1.807, 2.05) is 0 Å². The number of benzene rings is 9. The summed E-state index contributed by atoms with van der Waals surface area (Å²) in [5.74, 6) is 0. The van der Waals surface area contributed by atoms with Gasteiger partial charge in [0.05, 0.1) is 11.0 Å². The molecule has 0 bridgehead atoms. The molecule has 1 aliphatic rings. The van der Waals surface area contributed by atoms with Crippen molar-refractivity contribution in [1.82, 2.24) is 4.57 Å². The maximum absolute atomic E-state index is 6.72. The molecule has 1 aliphatic carbocycles. The van der Waals surface area contributed by atoms with Crippen molar-refractivity contribution in [2.24, 2.45) is 0 Å². The minimum atomic E-state index is -0.207.